The van der Waals surface area contributed by atoms with Gasteiger partial charge in [-0.05, 0) is 0 Å². The molecule has 4 nitrogen and oxygen atoms in total. The van der Waals surface area contributed by atoms with Crippen LogP contribution in [0, 0.1) is 15.3 Å². The number of rotatable bonds is 0. The molecule has 0 fully saturated rings. The minimum absolute atomic E-state index is 0. The van der Waals surface area contributed by atoms with Crippen molar-refractivity contribution in [1.29, 1.82) is 0 Å². The molecule has 0 N–H and O–H groups in total. The summed E-state index contributed by atoms with van der Waals surface area (Å²) >= 11 is 0.757. The molecule has 0 spiro atoms. The van der Waals surface area contributed by atoms with Gasteiger partial charge in [0, 0.05) is 0 Å². The Balaban J connectivity index is -0.0000000575. The first-order valence-corrected chi connectivity index (χ1v) is 3.37. The van der Waals surface area contributed by atoms with Gasteiger partial charge in [0.05, 0.1) is 5.09 Å². The molecule has 0 unspecified atom stereocenters. The molecule has 0 heterocycles. The van der Waals surface area contributed by atoms with Gasteiger partial charge < -0.3 is 15.3 Å². The second kappa shape index (κ2) is 15.7. The van der Waals surface area contributed by atoms with Crippen LogP contribution in [0.15, 0.2) is 0 Å². The van der Waals surface area contributed by atoms with Crippen molar-refractivity contribution in [2.75, 3.05) is 0 Å². The molecule has 0 aromatic heterocycles. The SMILES string of the molecule is O=[N+]([O-])[O-].[Ag+].[Cl][Cu][Cl]. The Hall–Kier alpha value is 1.04. The van der Waals surface area contributed by atoms with Crippen LogP contribution in [0.5, 0.6) is 0 Å². The van der Waals surface area contributed by atoms with E-state index in [9.17, 15) is 0 Å². The predicted molar refractivity (Wildman–Crippen MR) is 22.1 cm³/mol. The fourth-order valence-corrected chi connectivity index (χ4v) is 0. The summed E-state index contributed by atoms with van der Waals surface area (Å²) in [7, 11) is 9.34. The van der Waals surface area contributed by atoms with Crippen LogP contribution in [0.3, 0.4) is 0 Å². The number of hydrogen-bond donors (Lipinski definition) is 0. The maximum absolute atomic E-state index is 8.25. The fourth-order valence-electron chi connectivity index (χ4n) is 0. The standard InChI is InChI=1S/Ag.2ClH.Cu.NO3/c;;;;2-1(3)4/h;2*1H;;/q+1;;;+2;-1/p-2. The van der Waals surface area contributed by atoms with E-state index in [0.717, 1.165) is 13.1 Å². The third-order valence-corrected chi connectivity index (χ3v) is 0. The molecule has 59 valence electrons. The van der Waals surface area contributed by atoms with Crippen LogP contribution in [0.25, 0.3) is 0 Å². The summed E-state index contributed by atoms with van der Waals surface area (Å²) in [6.45, 7) is 0. The van der Waals surface area contributed by atoms with E-state index < -0.39 is 5.09 Å². The van der Waals surface area contributed by atoms with E-state index in [4.69, 9.17) is 15.3 Å². The molecule has 0 saturated carbocycles. The fraction of sp³-hybridized carbons (Fsp3) is 0. The summed E-state index contributed by atoms with van der Waals surface area (Å²) < 4.78 is 0. The zero-order valence-corrected chi connectivity index (χ0v) is 6.97. The van der Waals surface area contributed by atoms with Crippen LogP contribution >= 0.6 is 20.2 Å². The summed E-state index contributed by atoms with van der Waals surface area (Å²) in [6.07, 6.45) is 0. The van der Waals surface area contributed by atoms with Crippen molar-refractivity contribution in [2.45, 2.75) is 0 Å². The molecule has 0 aromatic carbocycles. The van der Waals surface area contributed by atoms with Gasteiger partial charge in [-0.2, -0.15) is 0 Å². The number of halogens is 2. The van der Waals surface area contributed by atoms with Crippen molar-refractivity contribution in [1.82, 2.24) is 0 Å². The molecular formula is AgCl2CuNO3. The molecule has 0 bridgehead atoms. The van der Waals surface area contributed by atoms with E-state index in [0.29, 0.717) is 0 Å². The first-order valence-electron chi connectivity index (χ1n) is 0.776. The Morgan fingerprint density at radius 3 is 1.38 bits per heavy atom. The second-order valence-corrected chi connectivity index (χ2v) is 1.82. The van der Waals surface area contributed by atoms with Gasteiger partial charge >= 0.3 is 55.7 Å². The Labute approximate surface area is 75.8 Å². The van der Waals surface area contributed by atoms with Crippen molar-refractivity contribution < 1.29 is 40.6 Å². The summed E-state index contributed by atoms with van der Waals surface area (Å²) in [5.74, 6) is 0. The van der Waals surface area contributed by atoms with Gasteiger partial charge in [-0.3, -0.25) is 0 Å². The summed E-state index contributed by atoms with van der Waals surface area (Å²) in [5, 5.41) is 14.8. The number of hydrogen-bond acceptors (Lipinski definition) is 3. The summed E-state index contributed by atoms with van der Waals surface area (Å²) in [6, 6.07) is 0. The molecule has 0 aliphatic heterocycles. The van der Waals surface area contributed by atoms with Gasteiger partial charge in [-0.15, -0.1) is 0 Å². The van der Waals surface area contributed by atoms with Crippen molar-refractivity contribution >= 4 is 20.2 Å². The Morgan fingerprint density at radius 1 is 1.38 bits per heavy atom. The van der Waals surface area contributed by atoms with Crippen molar-refractivity contribution in [3.8, 4) is 0 Å². The third kappa shape index (κ3) is 238. The summed E-state index contributed by atoms with van der Waals surface area (Å²) in [4.78, 5) is 8.25. The quantitative estimate of drug-likeness (QED) is 0.383. The molecule has 0 radical (unpaired) electrons. The van der Waals surface area contributed by atoms with Crippen LogP contribution in [-0.4, -0.2) is 5.09 Å². The van der Waals surface area contributed by atoms with E-state index in [-0.39, 0.29) is 22.4 Å². The van der Waals surface area contributed by atoms with Crippen LogP contribution in [0.2, 0.25) is 0 Å². The van der Waals surface area contributed by atoms with Crippen molar-refractivity contribution in [2.24, 2.45) is 0 Å². The van der Waals surface area contributed by atoms with Crippen LogP contribution < -0.4 is 0 Å². The zero-order chi connectivity index (χ0) is 6.28. The van der Waals surface area contributed by atoms with Crippen LogP contribution in [0.1, 0.15) is 0 Å². The molecule has 8 heteroatoms. The molecule has 0 amide bonds. The maximum atomic E-state index is 8.25. The molecule has 0 saturated heterocycles. The molecule has 0 aliphatic rings. The van der Waals surface area contributed by atoms with Crippen LogP contribution in [-0.2, 0) is 35.5 Å². The molecule has 0 aromatic rings. The molecule has 0 rings (SSSR count). The average molecular weight is 304 g/mol. The van der Waals surface area contributed by atoms with E-state index >= 15 is 0 Å². The third-order valence-electron chi connectivity index (χ3n) is 0. The van der Waals surface area contributed by atoms with Gasteiger partial charge in [0.25, 0.3) is 0 Å². The molecular weight excluding hydrogens is 304 g/mol. The topological polar surface area (TPSA) is 66.2 Å². The van der Waals surface area contributed by atoms with E-state index in [1.165, 1.54) is 0 Å². The second-order valence-electron chi connectivity index (χ2n) is 0.267. The zero-order valence-electron chi connectivity index (χ0n) is 3.03. The van der Waals surface area contributed by atoms with Gasteiger partial charge in [0.2, 0.25) is 0 Å². The van der Waals surface area contributed by atoms with Gasteiger partial charge in [0.15, 0.2) is 0 Å². The first kappa shape index (κ1) is 16.0. The van der Waals surface area contributed by atoms with E-state index in [2.05, 4.69) is 20.2 Å². The van der Waals surface area contributed by atoms with Gasteiger partial charge in [-0.1, -0.05) is 0 Å². The van der Waals surface area contributed by atoms with Crippen LogP contribution in [0.4, 0.5) is 0 Å². The van der Waals surface area contributed by atoms with Crippen molar-refractivity contribution in [3.05, 3.63) is 15.3 Å². The minimum atomic E-state index is -1.75. The molecule has 8 heavy (non-hydrogen) atoms. The van der Waals surface area contributed by atoms with Crippen molar-refractivity contribution in [3.63, 3.8) is 0 Å². The molecule has 0 aliphatic carbocycles. The Morgan fingerprint density at radius 2 is 1.38 bits per heavy atom. The normalized spacial score (nSPS) is 5.75. The Kier molecular flexibility index (Phi) is 31.4. The van der Waals surface area contributed by atoms with E-state index in [1.54, 1.807) is 0 Å². The van der Waals surface area contributed by atoms with Gasteiger partial charge in [-0.25, -0.2) is 0 Å². The first-order chi connectivity index (χ1) is 3.15. The number of nitrogens with zero attached hydrogens (tertiary/aromatic N) is 1. The summed E-state index contributed by atoms with van der Waals surface area (Å²) in [5.41, 5.74) is 0. The Bertz CT molecular complexity index is 48.5. The van der Waals surface area contributed by atoms with Gasteiger partial charge in [0.1, 0.15) is 0 Å². The average Bonchev–Trinajstić information content (AvgIpc) is 1.33. The molecule has 0 atom stereocenters. The monoisotopic (exact) mass is 302 g/mol. The predicted octanol–water partition coefficient (Wildman–Crippen LogP) is 1.13. The van der Waals surface area contributed by atoms with E-state index in [1.807, 2.05) is 0 Å².